The van der Waals surface area contributed by atoms with Crippen molar-refractivity contribution in [2.24, 2.45) is 0 Å². The van der Waals surface area contributed by atoms with E-state index >= 15 is 0 Å². The Labute approximate surface area is 159 Å². The van der Waals surface area contributed by atoms with Crippen LogP contribution in [0, 0.1) is 19.7 Å². The minimum Gasteiger partial charge on any atom is -0.325 e. The minimum atomic E-state index is -0.454. The molecule has 1 amide bonds. The first-order valence-electron chi connectivity index (χ1n) is 8.55. The first-order chi connectivity index (χ1) is 13.0. The molecule has 0 radical (unpaired) electrons. The summed E-state index contributed by atoms with van der Waals surface area (Å²) < 4.78 is 17.8. The van der Waals surface area contributed by atoms with Gasteiger partial charge in [0.25, 0.3) is 0 Å². The summed E-state index contributed by atoms with van der Waals surface area (Å²) in [6.45, 7) is 3.72. The number of benzene rings is 1. The van der Waals surface area contributed by atoms with Crippen LogP contribution in [-0.2, 0) is 4.79 Å². The summed E-state index contributed by atoms with van der Waals surface area (Å²) in [6.07, 6.45) is 2.12. The van der Waals surface area contributed by atoms with Crippen molar-refractivity contribution in [2.45, 2.75) is 37.9 Å². The Balaban J connectivity index is 1.40. The molecule has 10 heteroatoms. The third kappa shape index (κ3) is 3.85. The summed E-state index contributed by atoms with van der Waals surface area (Å²) in [5.74, 6) is -0.554. The molecule has 4 rings (SSSR count). The van der Waals surface area contributed by atoms with Crippen molar-refractivity contribution in [1.82, 2.24) is 30.0 Å². The van der Waals surface area contributed by atoms with Gasteiger partial charge >= 0.3 is 0 Å². The van der Waals surface area contributed by atoms with Gasteiger partial charge in [0.1, 0.15) is 5.69 Å². The predicted molar refractivity (Wildman–Crippen MR) is 98.4 cm³/mol. The Morgan fingerprint density at radius 2 is 2.15 bits per heavy atom. The van der Waals surface area contributed by atoms with E-state index in [-0.39, 0.29) is 11.7 Å². The Kier molecular flexibility index (Phi) is 4.65. The molecule has 8 nitrogen and oxygen atoms in total. The topological polar surface area (TPSA) is 90.5 Å². The maximum atomic E-state index is 14.5. The highest BCUT2D eigenvalue weighted by molar-refractivity contribution is 7.99. The number of hydrogen-bond acceptors (Lipinski definition) is 6. The molecule has 0 bridgehead atoms. The molecule has 0 aliphatic heterocycles. The second-order valence-electron chi connectivity index (χ2n) is 6.48. The van der Waals surface area contributed by atoms with Crippen molar-refractivity contribution >= 4 is 23.4 Å². The Morgan fingerprint density at radius 3 is 2.81 bits per heavy atom. The number of aryl methyl sites for hydroxylation is 2. The first kappa shape index (κ1) is 17.7. The summed E-state index contributed by atoms with van der Waals surface area (Å²) in [6, 6.07) is 6.78. The zero-order chi connectivity index (χ0) is 19.0. The number of rotatable bonds is 6. The van der Waals surface area contributed by atoms with Gasteiger partial charge in [-0.05, 0) is 61.4 Å². The average Bonchev–Trinajstić information content (AvgIpc) is 3.26. The summed E-state index contributed by atoms with van der Waals surface area (Å²) in [4.78, 5) is 12.2. The van der Waals surface area contributed by atoms with Gasteiger partial charge in [-0.25, -0.2) is 13.8 Å². The Morgan fingerprint density at radius 1 is 1.33 bits per heavy atom. The van der Waals surface area contributed by atoms with E-state index in [1.54, 1.807) is 21.5 Å². The molecule has 1 fully saturated rings. The molecule has 1 saturated carbocycles. The molecule has 1 N–H and O–H groups in total. The molecule has 0 unspecified atom stereocenters. The number of aromatic nitrogens is 6. The van der Waals surface area contributed by atoms with E-state index in [0.29, 0.717) is 22.6 Å². The summed E-state index contributed by atoms with van der Waals surface area (Å²) >= 11 is 1.27. The molecule has 2 heterocycles. The number of amides is 1. The third-order valence-corrected chi connectivity index (χ3v) is 5.09. The molecule has 0 saturated heterocycles. The number of nitrogens with one attached hydrogen (secondary N) is 1. The van der Waals surface area contributed by atoms with Gasteiger partial charge in [-0.15, -0.1) is 5.10 Å². The normalized spacial score (nSPS) is 13.7. The molecule has 1 aromatic carbocycles. The molecule has 1 aliphatic rings. The second kappa shape index (κ2) is 7.10. The van der Waals surface area contributed by atoms with Crippen molar-refractivity contribution in [2.75, 3.05) is 11.1 Å². The molecule has 0 spiro atoms. The zero-order valence-electron chi connectivity index (χ0n) is 14.9. The van der Waals surface area contributed by atoms with E-state index in [1.165, 1.54) is 17.8 Å². The molecule has 1 aliphatic carbocycles. The Hall–Kier alpha value is -2.75. The van der Waals surface area contributed by atoms with Crippen LogP contribution in [-0.4, -0.2) is 41.6 Å². The smallest absolute Gasteiger partial charge is 0.234 e. The highest BCUT2D eigenvalue weighted by Crippen LogP contribution is 2.36. The SMILES string of the molecule is Cc1cc(C)n(-c2ccc(NC(=O)CSc3nnnn3C3CC3)cc2F)n1. The lowest BCUT2D eigenvalue weighted by atomic mass is 10.2. The summed E-state index contributed by atoms with van der Waals surface area (Å²) in [7, 11) is 0. The molecule has 2 aromatic heterocycles. The van der Waals surface area contributed by atoms with Crippen molar-refractivity contribution < 1.29 is 9.18 Å². The molecule has 140 valence electrons. The van der Waals surface area contributed by atoms with E-state index in [1.807, 2.05) is 19.9 Å². The first-order valence-corrected chi connectivity index (χ1v) is 9.53. The van der Waals surface area contributed by atoms with E-state index in [0.717, 1.165) is 24.2 Å². The number of nitrogens with zero attached hydrogens (tertiary/aromatic N) is 6. The molecule has 27 heavy (non-hydrogen) atoms. The largest absolute Gasteiger partial charge is 0.325 e. The lowest BCUT2D eigenvalue weighted by molar-refractivity contribution is -0.113. The monoisotopic (exact) mass is 387 g/mol. The predicted octanol–water partition coefficient (Wildman–Crippen LogP) is 2.68. The second-order valence-corrected chi connectivity index (χ2v) is 7.42. The van der Waals surface area contributed by atoms with Crippen molar-refractivity contribution in [1.29, 1.82) is 0 Å². The number of anilines is 1. The highest BCUT2D eigenvalue weighted by Gasteiger charge is 2.28. The highest BCUT2D eigenvalue weighted by atomic mass is 32.2. The van der Waals surface area contributed by atoms with Crippen LogP contribution >= 0.6 is 11.8 Å². The van der Waals surface area contributed by atoms with E-state index in [2.05, 4.69) is 25.9 Å². The van der Waals surface area contributed by atoms with E-state index in [9.17, 15) is 9.18 Å². The number of halogens is 1. The van der Waals surface area contributed by atoms with Gasteiger partial charge in [-0.2, -0.15) is 5.10 Å². The van der Waals surface area contributed by atoms with Gasteiger partial charge in [0.05, 0.1) is 17.5 Å². The van der Waals surface area contributed by atoms with Crippen molar-refractivity contribution in [3.8, 4) is 5.69 Å². The van der Waals surface area contributed by atoms with E-state index < -0.39 is 5.82 Å². The molecule has 3 aromatic rings. The number of thioether (sulfide) groups is 1. The van der Waals surface area contributed by atoms with Crippen LogP contribution in [0.15, 0.2) is 29.4 Å². The quantitative estimate of drug-likeness (QED) is 0.654. The van der Waals surface area contributed by atoms with E-state index in [4.69, 9.17) is 0 Å². The van der Waals surface area contributed by atoms with Crippen LogP contribution in [0.2, 0.25) is 0 Å². The fourth-order valence-electron chi connectivity index (χ4n) is 2.79. The van der Waals surface area contributed by atoms with Gasteiger partial charge in [-0.3, -0.25) is 4.79 Å². The third-order valence-electron chi connectivity index (χ3n) is 4.16. The fourth-order valence-corrected chi connectivity index (χ4v) is 3.53. The molecular weight excluding hydrogens is 369 g/mol. The maximum absolute atomic E-state index is 14.5. The minimum absolute atomic E-state index is 0.147. The van der Waals surface area contributed by atoms with Crippen LogP contribution in [0.4, 0.5) is 10.1 Å². The number of carbonyl (C=O) groups excluding carboxylic acids is 1. The Bertz CT molecular complexity index is 995. The molecule has 0 atom stereocenters. The lowest BCUT2D eigenvalue weighted by Crippen LogP contribution is -2.15. The van der Waals surface area contributed by atoms with Gasteiger partial charge in [0.15, 0.2) is 5.82 Å². The fraction of sp³-hybridized carbons (Fsp3) is 0.353. The van der Waals surface area contributed by atoms with Gasteiger partial charge in [-0.1, -0.05) is 11.8 Å². The van der Waals surface area contributed by atoms with Gasteiger partial charge < -0.3 is 5.32 Å². The lowest BCUT2D eigenvalue weighted by Gasteiger charge is -2.09. The summed E-state index contributed by atoms with van der Waals surface area (Å²) in [5.41, 5.74) is 2.39. The van der Waals surface area contributed by atoms with Crippen LogP contribution in [0.1, 0.15) is 30.3 Å². The maximum Gasteiger partial charge on any atom is 0.234 e. The summed E-state index contributed by atoms with van der Waals surface area (Å²) in [5, 5.41) is 19.1. The van der Waals surface area contributed by atoms with Crippen LogP contribution in [0.5, 0.6) is 0 Å². The standard InChI is InChI=1S/C17H18FN7OS/c1-10-7-11(2)24(21-10)15-6-3-12(8-14(15)18)19-16(26)9-27-17-20-22-23-25(17)13-4-5-13/h3,6-8,13H,4-5,9H2,1-2H3,(H,19,26). The van der Waals surface area contributed by atoms with Gasteiger partial charge in [0.2, 0.25) is 11.1 Å². The van der Waals surface area contributed by atoms with Crippen LogP contribution in [0.25, 0.3) is 5.69 Å². The zero-order valence-corrected chi connectivity index (χ0v) is 15.7. The van der Waals surface area contributed by atoms with Crippen LogP contribution in [0.3, 0.4) is 0 Å². The van der Waals surface area contributed by atoms with Crippen LogP contribution < -0.4 is 5.32 Å². The molecular formula is C17H18FN7OS. The van der Waals surface area contributed by atoms with Crippen molar-refractivity contribution in [3.63, 3.8) is 0 Å². The number of tetrazole rings is 1. The van der Waals surface area contributed by atoms with Gasteiger partial charge in [0, 0.05) is 11.4 Å². The number of carbonyl (C=O) groups is 1. The van der Waals surface area contributed by atoms with Crippen molar-refractivity contribution in [3.05, 3.63) is 41.5 Å². The average molecular weight is 387 g/mol. The number of hydrogen-bond donors (Lipinski definition) is 1.